The molecule has 2 aromatic rings. The van der Waals surface area contributed by atoms with Crippen LogP contribution in [0.1, 0.15) is 11.1 Å². The molecule has 0 atom stereocenters. The van der Waals surface area contributed by atoms with Crippen molar-refractivity contribution < 1.29 is 19.2 Å². The number of ether oxygens (including phenoxy) is 2. The number of rotatable bonds is 7. The minimum atomic E-state index is -0.429. The number of hydrogen-bond donors (Lipinski definition) is 1. The number of amides is 1. The molecule has 0 spiro atoms. The number of benzene rings is 2. The van der Waals surface area contributed by atoms with Crippen molar-refractivity contribution in [1.82, 2.24) is 5.43 Å². The van der Waals surface area contributed by atoms with Gasteiger partial charge in [-0.2, -0.15) is 5.10 Å². The first kappa shape index (κ1) is 20.3. The molecule has 1 fully saturated rings. The van der Waals surface area contributed by atoms with Crippen LogP contribution in [0.2, 0.25) is 0 Å². The lowest BCUT2D eigenvalue weighted by Gasteiger charge is -2.28. The second kappa shape index (κ2) is 9.65. The van der Waals surface area contributed by atoms with Gasteiger partial charge in [0.15, 0.2) is 6.61 Å². The molecule has 0 aromatic heterocycles. The first-order valence-corrected chi connectivity index (χ1v) is 9.15. The lowest BCUT2D eigenvalue weighted by atomic mass is 10.1. The van der Waals surface area contributed by atoms with Crippen LogP contribution >= 0.6 is 0 Å². The predicted octanol–water partition coefficient (Wildman–Crippen LogP) is 2.27. The summed E-state index contributed by atoms with van der Waals surface area (Å²) in [7, 11) is 0. The number of anilines is 1. The third kappa shape index (κ3) is 5.76. The molecule has 0 aliphatic carbocycles. The van der Waals surface area contributed by atoms with Crippen molar-refractivity contribution in [3.63, 3.8) is 0 Å². The summed E-state index contributed by atoms with van der Waals surface area (Å²) in [6.45, 7) is 4.06. The standard InChI is InChI=1S/C20H22N4O5/c1-15-2-5-17(6-3-15)29-14-20(25)22-21-13-16-4-7-18(19(12-16)24(26)27)23-8-10-28-11-9-23/h2-7,12-13H,8-11,14H2,1H3,(H,22,25)/b21-13+. The van der Waals surface area contributed by atoms with E-state index in [1.165, 1.54) is 12.3 Å². The molecule has 0 saturated carbocycles. The maximum absolute atomic E-state index is 11.8. The Hall–Kier alpha value is -3.46. The van der Waals surface area contributed by atoms with Gasteiger partial charge >= 0.3 is 0 Å². The molecular formula is C20H22N4O5. The summed E-state index contributed by atoms with van der Waals surface area (Å²) in [5, 5.41) is 15.3. The predicted molar refractivity (Wildman–Crippen MR) is 109 cm³/mol. The highest BCUT2D eigenvalue weighted by Gasteiger charge is 2.21. The van der Waals surface area contributed by atoms with Gasteiger partial charge in [0, 0.05) is 24.7 Å². The Bertz CT molecular complexity index is 892. The third-order valence-corrected chi connectivity index (χ3v) is 4.34. The molecule has 0 unspecified atom stereocenters. The molecule has 0 radical (unpaired) electrons. The van der Waals surface area contributed by atoms with Gasteiger partial charge in [-0.25, -0.2) is 5.43 Å². The Morgan fingerprint density at radius 1 is 1.28 bits per heavy atom. The minimum Gasteiger partial charge on any atom is -0.484 e. The Kier molecular flexibility index (Phi) is 6.75. The largest absolute Gasteiger partial charge is 0.484 e. The average molecular weight is 398 g/mol. The summed E-state index contributed by atoms with van der Waals surface area (Å²) >= 11 is 0. The number of nitro benzene ring substituents is 1. The second-order valence-electron chi connectivity index (χ2n) is 6.50. The zero-order valence-electron chi connectivity index (χ0n) is 16.0. The number of nitrogens with one attached hydrogen (secondary N) is 1. The molecule has 1 heterocycles. The average Bonchev–Trinajstić information content (AvgIpc) is 2.74. The summed E-state index contributed by atoms with van der Waals surface area (Å²) in [5.41, 5.74) is 4.49. The van der Waals surface area contributed by atoms with Gasteiger partial charge < -0.3 is 14.4 Å². The van der Waals surface area contributed by atoms with E-state index in [9.17, 15) is 14.9 Å². The number of nitrogens with zero attached hydrogens (tertiary/aromatic N) is 3. The number of carbonyl (C=O) groups excluding carboxylic acids is 1. The Morgan fingerprint density at radius 2 is 2.00 bits per heavy atom. The minimum absolute atomic E-state index is 0.00937. The van der Waals surface area contributed by atoms with Crippen LogP contribution < -0.4 is 15.1 Å². The highest BCUT2D eigenvalue weighted by molar-refractivity contribution is 5.85. The van der Waals surface area contributed by atoms with Gasteiger partial charge in [0.25, 0.3) is 11.6 Å². The van der Waals surface area contributed by atoms with E-state index in [1.54, 1.807) is 24.3 Å². The molecule has 0 bridgehead atoms. The van der Waals surface area contributed by atoms with Gasteiger partial charge in [-0.15, -0.1) is 0 Å². The lowest BCUT2D eigenvalue weighted by molar-refractivity contribution is -0.384. The maximum Gasteiger partial charge on any atom is 0.293 e. The molecular weight excluding hydrogens is 376 g/mol. The normalized spacial score (nSPS) is 14.0. The fourth-order valence-electron chi connectivity index (χ4n) is 2.83. The molecule has 152 valence electrons. The van der Waals surface area contributed by atoms with Crippen molar-refractivity contribution in [2.45, 2.75) is 6.92 Å². The van der Waals surface area contributed by atoms with Gasteiger partial charge in [0.05, 0.1) is 24.4 Å². The summed E-state index contributed by atoms with van der Waals surface area (Å²) < 4.78 is 10.7. The number of aryl methyl sites for hydroxylation is 1. The molecule has 3 rings (SSSR count). The zero-order chi connectivity index (χ0) is 20.6. The highest BCUT2D eigenvalue weighted by Crippen LogP contribution is 2.29. The number of morpholine rings is 1. The topological polar surface area (TPSA) is 106 Å². The van der Waals surface area contributed by atoms with E-state index in [2.05, 4.69) is 10.5 Å². The molecule has 1 N–H and O–H groups in total. The molecule has 2 aromatic carbocycles. The van der Waals surface area contributed by atoms with Crippen LogP contribution in [-0.4, -0.2) is 50.0 Å². The van der Waals surface area contributed by atoms with E-state index in [0.29, 0.717) is 43.3 Å². The van der Waals surface area contributed by atoms with E-state index < -0.39 is 10.8 Å². The van der Waals surface area contributed by atoms with Crippen LogP contribution in [0.3, 0.4) is 0 Å². The van der Waals surface area contributed by atoms with E-state index in [4.69, 9.17) is 9.47 Å². The van der Waals surface area contributed by atoms with Gasteiger partial charge in [0.2, 0.25) is 0 Å². The summed E-state index contributed by atoms with van der Waals surface area (Å²) in [6.07, 6.45) is 1.36. The van der Waals surface area contributed by atoms with Crippen molar-refractivity contribution in [1.29, 1.82) is 0 Å². The summed E-state index contributed by atoms with van der Waals surface area (Å²) in [5.74, 6) is 0.158. The molecule has 9 nitrogen and oxygen atoms in total. The van der Waals surface area contributed by atoms with Crippen LogP contribution in [-0.2, 0) is 9.53 Å². The van der Waals surface area contributed by atoms with Gasteiger partial charge in [-0.05, 0) is 25.1 Å². The molecule has 1 saturated heterocycles. The third-order valence-electron chi connectivity index (χ3n) is 4.34. The molecule has 1 aliphatic heterocycles. The molecule has 9 heteroatoms. The highest BCUT2D eigenvalue weighted by atomic mass is 16.6. The van der Waals surface area contributed by atoms with Crippen LogP contribution in [0.25, 0.3) is 0 Å². The first-order chi connectivity index (χ1) is 14.0. The quantitative estimate of drug-likeness (QED) is 0.436. The summed E-state index contributed by atoms with van der Waals surface area (Å²) in [4.78, 5) is 24.8. The Morgan fingerprint density at radius 3 is 2.69 bits per heavy atom. The van der Waals surface area contributed by atoms with Crippen LogP contribution in [0.15, 0.2) is 47.6 Å². The van der Waals surface area contributed by atoms with E-state index in [-0.39, 0.29) is 12.3 Å². The monoisotopic (exact) mass is 398 g/mol. The zero-order valence-corrected chi connectivity index (χ0v) is 16.0. The van der Waals surface area contributed by atoms with Crippen molar-refractivity contribution in [3.05, 3.63) is 63.7 Å². The number of hydrogen-bond acceptors (Lipinski definition) is 7. The fourth-order valence-corrected chi connectivity index (χ4v) is 2.83. The smallest absolute Gasteiger partial charge is 0.293 e. The Balaban J connectivity index is 1.58. The van der Waals surface area contributed by atoms with Gasteiger partial charge in [-0.3, -0.25) is 14.9 Å². The first-order valence-electron chi connectivity index (χ1n) is 9.15. The maximum atomic E-state index is 11.8. The molecule has 1 aliphatic rings. The van der Waals surface area contributed by atoms with E-state index in [1.807, 2.05) is 24.0 Å². The van der Waals surface area contributed by atoms with Crippen molar-refractivity contribution in [2.24, 2.45) is 5.10 Å². The van der Waals surface area contributed by atoms with E-state index in [0.717, 1.165) is 5.56 Å². The SMILES string of the molecule is Cc1ccc(OCC(=O)N/N=C/c2ccc(N3CCOCC3)c([N+](=O)[O-])c2)cc1. The summed E-state index contributed by atoms with van der Waals surface area (Å²) in [6, 6.07) is 12.2. The van der Waals surface area contributed by atoms with E-state index >= 15 is 0 Å². The van der Waals surface area contributed by atoms with Crippen molar-refractivity contribution in [2.75, 3.05) is 37.8 Å². The Labute approximate surface area is 168 Å². The van der Waals surface area contributed by atoms with Gasteiger partial charge in [-0.1, -0.05) is 23.8 Å². The fraction of sp³-hybridized carbons (Fsp3) is 0.300. The van der Waals surface area contributed by atoms with Gasteiger partial charge in [0.1, 0.15) is 11.4 Å². The van der Waals surface area contributed by atoms with Crippen LogP contribution in [0.4, 0.5) is 11.4 Å². The van der Waals surface area contributed by atoms with Crippen LogP contribution in [0, 0.1) is 17.0 Å². The number of carbonyl (C=O) groups is 1. The second-order valence-corrected chi connectivity index (χ2v) is 6.50. The van der Waals surface area contributed by atoms with Crippen molar-refractivity contribution in [3.8, 4) is 5.75 Å². The number of hydrazone groups is 1. The molecule has 29 heavy (non-hydrogen) atoms. The van der Waals surface area contributed by atoms with Crippen LogP contribution in [0.5, 0.6) is 5.75 Å². The molecule has 1 amide bonds. The van der Waals surface area contributed by atoms with Crippen molar-refractivity contribution >= 4 is 23.5 Å². The lowest BCUT2D eigenvalue weighted by Crippen LogP contribution is -2.36. The number of nitro groups is 1.